The summed E-state index contributed by atoms with van der Waals surface area (Å²) in [4.78, 5) is 16.5. The van der Waals surface area contributed by atoms with Gasteiger partial charge < -0.3 is 10.4 Å². The van der Waals surface area contributed by atoms with Crippen molar-refractivity contribution in [2.24, 2.45) is 5.92 Å². The molecule has 0 radical (unpaired) electrons. The molecule has 19 heavy (non-hydrogen) atoms. The minimum Gasteiger partial charge on any atom is -0.391 e. The van der Waals surface area contributed by atoms with Crippen LogP contribution in [0.25, 0.3) is 10.2 Å². The molecule has 2 N–H and O–H groups in total. The first-order valence-electron chi connectivity index (χ1n) is 6.57. The third-order valence-electron chi connectivity index (χ3n) is 3.75. The summed E-state index contributed by atoms with van der Waals surface area (Å²) < 4.78 is 2.20. The second-order valence-corrected chi connectivity index (χ2v) is 5.91. The lowest BCUT2D eigenvalue weighted by Gasteiger charge is -2.27. The monoisotopic (exact) mass is 279 g/mol. The molecule has 1 atom stereocenters. The smallest absolute Gasteiger partial charge is 0.271 e. The topological polar surface area (TPSA) is 67.2 Å². The second-order valence-electron chi connectivity index (χ2n) is 4.99. The largest absolute Gasteiger partial charge is 0.391 e. The van der Waals surface area contributed by atoms with Gasteiger partial charge in [0, 0.05) is 0 Å². The van der Waals surface area contributed by atoms with E-state index in [4.69, 9.17) is 0 Å². The molecule has 0 spiro atoms. The Bertz CT molecular complexity index is 616. The molecular formula is C13H17N3O2S. The SMILES string of the molecule is O=c1c2sccc2ncn1CC(O)C1CCNCC1. The molecule has 1 aliphatic rings. The standard InChI is InChI=1S/C13H17N3O2S/c17-11(9-1-4-14-5-2-9)7-16-8-15-10-3-6-19-12(10)13(16)18/h3,6,8-9,11,14,17H,1-2,4-5,7H2. The maximum Gasteiger partial charge on any atom is 0.271 e. The Morgan fingerprint density at radius 2 is 2.32 bits per heavy atom. The molecule has 0 amide bonds. The number of thiophene rings is 1. The van der Waals surface area contributed by atoms with Gasteiger partial charge in [-0.1, -0.05) is 0 Å². The third kappa shape index (κ3) is 2.56. The van der Waals surface area contributed by atoms with Crippen LogP contribution in [-0.4, -0.2) is 33.9 Å². The second kappa shape index (κ2) is 5.40. The Morgan fingerprint density at radius 1 is 1.53 bits per heavy atom. The lowest BCUT2D eigenvalue weighted by atomic mass is 9.92. The van der Waals surface area contributed by atoms with Gasteiger partial charge in [-0.15, -0.1) is 11.3 Å². The Morgan fingerprint density at radius 3 is 3.11 bits per heavy atom. The van der Waals surface area contributed by atoms with E-state index < -0.39 is 6.10 Å². The van der Waals surface area contributed by atoms with Crippen LogP contribution in [0.5, 0.6) is 0 Å². The highest BCUT2D eigenvalue weighted by Crippen LogP contribution is 2.18. The van der Waals surface area contributed by atoms with Crippen LogP contribution in [0.4, 0.5) is 0 Å². The average Bonchev–Trinajstić information content (AvgIpc) is 2.92. The Balaban J connectivity index is 1.80. The zero-order chi connectivity index (χ0) is 13.2. The van der Waals surface area contributed by atoms with Crippen LogP contribution in [0.3, 0.4) is 0 Å². The van der Waals surface area contributed by atoms with E-state index in [1.807, 2.05) is 11.4 Å². The summed E-state index contributed by atoms with van der Waals surface area (Å²) in [6.45, 7) is 2.22. The van der Waals surface area contributed by atoms with E-state index in [0.717, 1.165) is 31.4 Å². The quantitative estimate of drug-likeness (QED) is 0.873. The summed E-state index contributed by atoms with van der Waals surface area (Å²) >= 11 is 1.40. The molecule has 3 rings (SSSR count). The predicted octanol–water partition coefficient (Wildman–Crippen LogP) is 0.819. The lowest BCUT2D eigenvalue weighted by Crippen LogP contribution is -2.37. The van der Waals surface area contributed by atoms with Crippen LogP contribution in [-0.2, 0) is 6.54 Å². The fourth-order valence-electron chi connectivity index (χ4n) is 2.59. The molecule has 6 heteroatoms. The van der Waals surface area contributed by atoms with Crippen LogP contribution >= 0.6 is 11.3 Å². The number of piperidine rings is 1. The molecular weight excluding hydrogens is 262 g/mol. The summed E-state index contributed by atoms with van der Waals surface area (Å²) in [5.41, 5.74) is 0.690. The number of hydrogen-bond acceptors (Lipinski definition) is 5. The summed E-state index contributed by atoms with van der Waals surface area (Å²) in [6, 6.07) is 1.84. The van der Waals surface area contributed by atoms with Gasteiger partial charge in [0.15, 0.2) is 0 Å². The average molecular weight is 279 g/mol. The van der Waals surface area contributed by atoms with Crippen molar-refractivity contribution in [1.82, 2.24) is 14.9 Å². The fraction of sp³-hybridized carbons (Fsp3) is 0.538. The number of rotatable bonds is 3. The van der Waals surface area contributed by atoms with Gasteiger partial charge >= 0.3 is 0 Å². The number of aliphatic hydroxyl groups is 1. The van der Waals surface area contributed by atoms with E-state index in [1.165, 1.54) is 15.9 Å². The normalized spacial score (nSPS) is 18.8. The van der Waals surface area contributed by atoms with E-state index in [0.29, 0.717) is 11.2 Å². The van der Waals surface area contributed by atoms with Crippen LogP contribution in [0.1, 0.15) is 12.8 Å². The van der Waals surface area contributed by atoms with Crippen LogP contribution in [0.15, 0.2) is 22.6 Å². The maximum absolute atomic E-state index is 12.2. The molecule has 102 valence electrons. The molecule has 1 unspecified atom stereocenters. The number of nitrogens with one attached hydrogen (secondary N) is 1. The first kappa shape index (κ1) is 12.8. The van der Waals surface area contributed by atoms with Crippen molar-refractivity contribution in [3.05, 3.63) is 28.1 Å². The molecule has 1 saturated heterocycles. The van der Waals surface area contributed by atoms with Crippen molar-refractivity contribution in [1.29, 1.82) is 0 Å². The predicted molar refractivity (Wildman–Crippen MR) is 75.5 cm³/mol. The first-order chi connectivity index (χ1) is 9.25. The molecule has 2 aromatic rings. The van der Waals surface area contributed by atoms with Crippen molar-refractivity contribution in [2.75, 3.05) is 13.1 Å². The van der Waals surface area contributed by atoms with Gasteiger partial charge in [-0.2, -0.15) is 0 Å². The molecule has 1 fully saturated rings. The minimum absolute atomic E-state index is 0.0482. The molecule has 2 aromatic heterocycles. The van der Waals surface area contributed by atoms with E-state index in [9.17, 15) is 9.90 Å². The van der Waals surface area contributed by atoms with Crippen molar-refractivity contribution in [3.8, 4) is 0 Å². The maximum atomic E-state index is 12.2. The zero-order valence-electron chi connectivity index (χ0n) is 10.6. The fourth-order valence-corrected chi connectivity index (χ4v) is 3.38. The summed E-state index contributed by atoms with van der Waals surface area (Å²) in [5.74, 6) is 0.271. The van der Waals surface area contributed by atoms with Gasteiger partial charge in [0.25, 0.3) is 5.56 Å². The zero-order valence-corrected chi connectivity index (χ0v) is 11.4. The van der Waals surface area contributed by atoms with Crippen LogP contribution in [0.2, 0.25) is 0 Å². The van der Waals surface area contributed by atoms with Gasteiger partial charge in [-0.3, -0.25) is 9.36 Å². The van der Waals surface area contributed by atoms with Crippen molar-refractivity contribution < 1.29 is 5.11 Å². The van der Waals surface area contributed by atoms with Gasteiger partial charge in [0.2, 0.25) is 0 Å². The highest BCUT2D eigenvalue weighted by Gasteiger charge is 2.22. The van der Waals surface area contributed by atoms with Crippen molar-refractivity contribution >= 4 is 21.6 Å². The molecule has 0 saturated carbocycles. The Hall–Kier alpha value is -1.24. The van der Waals surface area contributed by atoms with Crippen molar-refractivity contribution in [3.63, 3.8) is 0 Å². The summed E-state index contributed by atoms with van der Waals surface area (Å²) in [7, 11) is 0. The Labute approximate surface area is 114 Å². The number of aliphatic hydroxyl groups excluding tert-OH is 1. The Kier molecular flexibility index (Phi) is 3.63. The van der Waals surface area contributed by atoms with Gasteiger partial charge in [0.05, 0.1) is 24.5 Å². The van der Waals surface area contributed by atoms with E-state index in [-0.39, 0.29) is 11.5 Å². The lowest BCUT2D eigenvalue weighted by molar-refractivity contribution is 0.0722. The third-order valence-corrected chi connectivity index (χ3v) is 4.64. The van der Waals surface area contributed by atoms with Gasteiger partial charge in [-0.25, -0.2) is 4.98 Å². The van der Waals surface area contributed by atoms with Crippen molar-refractivity contribution in [2.45, 2.75) is 25.5 Å². The number of hydrogen-bond donors (Lipinski definition) is 2. The van der Waals surface area contributed by atoms with Gasteiger partial charge in [0.1, 0.15) is 4.70 Å². The molecule has 5 nitrogen and oxygen atoms in total. The summed E-state index contributed by atoms with van der Waals surface area (Å²) in [6.07, 6.45) is 3.00. The van der Waals surface area contributed by atoms with E-state index >= 15 is 0 Å². The van der Waals surface area contributed by atoms with Crippen LogP contribution < -0.4 is 10.9 Å². The number of aromatic nitrogens is 2. The van der Waals surface area contributed by atoms with E-state index in [1.54, 1.807) is 6.33 Å². The number of fused-ring (bicyclic) bond motifs is 1. The molecule has 0 aromatic carbocycles. The number of nitrogens with zero attached hydrogens (tertiary/aromatic N) is 2. The molecule has 3 heterocycles. The highest BCUT2D eigenvalue weighted by atomic mass is 32.1. The molecule has 1 aliphatic heterocycles. The molecule has 0 aliphatic carbocycles. The van der Waals surface area contributed by atoms with E-state index in [2.05, 4.69) is 10.3 Å². The first-order valence-corrected chi connectivity index (χ1v) is 7.45. The summed E-state index contributed by atoms with van der Waals surface area (Å²) in [5, 5.41) is 15.4. The van der Waals surface area contributed by atoms with Gasteiger partial charge in [-0.05, 0) is 43.3 Å². The van der Waals surface area contributed by atoms with Crippen LogP contribution in [0, 0.1) is 5.92 Å². The minimum atomic E-state index is -0.473. The molecule has 0 bridgehead atoms. The highest BCUT2D eigenvalue weighted by molar-refractivity contribution is 7.17.